The molecule has 214 valence electrons. The Morgan fingerprint density at radius 2 is 1.32 bits per heavy atom. The molecule has 40 heavy (non-hydrogen) atoms. The molecular formula is C27H36N8O5. The summed E-state index contributed by atoms with van der Waals surface area (Å²) in [4.78, 5) is 65.0. The van der Waals surface area contributed by atoms with Crippen molar-refractivity contribution < 1.29 is 24.3 Å². The minimum atomic E-state index is -1.24. The maximum absolute atomic E-state index is 13.4. The molecule has 13 heteroatoms. The van der Waals surface area contributed by atoms with Gasteiger partial charge in [-0.2, -0.15) is 0 Å². The van der Waals surface area contributed by atoms with Crippen molar-refractivity contribution in [2.75, 3.05) is 0 Å². The SMILES string of the molecule is CC(C)CC(NC(=O)C(Cc1cnc[nH]1)NC(=O)C(N)Cc1ccccc1)C(=O)NC(Cc1cnc[nH]1)C(=O)O. The number of aromatic nitrogens is 4. The van der Waals surface area contributed by atoms with Gasteiger partial charge in [0.25, 0.3) is 0 Å². The fraction of sp³-hybridized carbons (Fsp3) is 0.407. The zero-order chi connectivity index (χ0) is 29.1. The molecule has 0 aliphatic rings. The van der Waals surface area contributed by atoms with Crippen LogP contribution >= 0.6 is 0 Å². The highest BCUT2D eigenvalue weighted by atomic mass is 16.4. The molecule has 0 saturated heterocycles. The van der Waals surface area contributed by atoms with Gasteiger partial charge in [0.1, 0.15) is 18.1 Å². The second kappa shape index (κ2) is 14.6. The van der Waals surface area contributed by atoms with Crippen molar-refractivity contribution in [3.63, 3.8) is 0 Å². The fourth-order valence-electron chi connectivity index (χ4n) is 4.13. The molecule has 3 rings (SSSR count). The molecule has 0 aliphatic carbocycles. The smallest absolute Gasteiger partial charge is 0.326 e. The zero-order valence-corrected chi connectivity index (χ0v) is 22.5. The van der Waals surface area contributed by atoms with Crippen molar-refractivity contribution in [1.82, 2.24) is 35.9 Å². The van der Waals surface area contributed by atoms with Gasteiger partial charge < -0.3 is 36.8 Å². The Kier molecular flexibility index (Phi) is 10.9. The monoisotopic (exact) mass is 552 g/mol. The molecule has 0 bridgehead atoms. The van der Waals surface area contributed by atoms with E-state index in [-0.39, 0.29) is 31.6 Å². The summed E-state index contributed by atoms with van der Waals surface area (Å²) in [7, 11) is 0. The minimum Gasteiger partial charge on any atom is -0.480 e. The molecule has 4 atom stereocenters. The molecule has 13 nitrogen and oxygen atoms in total. The quantitative estimate of drug-likeness (QED) is 0.137. The second-order valence-electron chi connectivity index (χ2n) is 10.0. The Labute approximate surface area is 231 Å². The van der Waals surface area contributed by atoms with Crippen LogP contribution < -0.4 is 21.7 Å². The third-order valence-corrected chi connectivity index (χ3v) is 6.18. The first-order valence-corrected chi connectivity index (χ1v) is 13.0. The summed E-state index contributed by atoms with van der Waals surface area (Å²) in [6.45, 7) is 3.75. The number of carbonyl (C=O) groups is 4. The summed E-state index contributed by atoms with van der Waals surface area (Å²) in [5, 5.41) is 17.6. The first-order chi connectivity index (χ1) is 19.1. The third-order valence-electron chi connectivity index (χ3n) is 6.18. The van der Waals surface area contributed by atoms with Crippen LogP contribution in [0.5, 0.6) is 0 Å². The lowest BCUT2D eigenvalue weighted by molar-refractivity contribution is -0.142. The number of aromatic amines is 2. The molecular weight excluding hydrogens is 516 g/mol. The summed E-state index contributed by atoms with van der Waals surface area (Å²) in [6.07, 6.45) is 6.45. The van der Waals surface area contributed by atoms with Gasteiger partial charge in [0.15, 0.2) is 0 Å². The molecule has 0 spiro atoms. The maximum Gasteiger partial charge on any atom is 0.326 e. The Bertz CT molecular complexity index is 1230. The van der Waals surface area contributed by atoms with Crippen LogP contribution in [0.4, 0.5) is 0 Å². The number of rotatable bonds is 15. The van der Waals surface area contributed by atoms with E-state index < -0.39 is 47.9 Å². The molecule has 3 amide bonds. The molecule has 8 N–H and O–H groups in total. The van der Waals surface area contributed by atoms with E-state index in [0.717, 1.165) is 5.56 Å². The predicted octanol–water partition coefficient (Wildman–Crippen LogP) is 0.0731. The van der Waals surface area contributed by atoms with Crippen molar-refractivity contribution in [1.29, 1.82) is 0 Å². The van der Waals surface area contributed by atoms with Crippen molar-refractivity contribution in [2.24, 2.45) is 11.7 Å². The Morgan fingerprint density at radius 1 is 0.800 bits per heavy atom. The summed E-state index contributed by atoms with van der Waals surface area (Å²) in [5.74, 6) is -3.03. The van der Waals surface area contributed by atoms with E-state index in [4.69, 9.17) is 5.73 Å². The van der Waals surface area contributed by atoms with E-state index in [1.807, 2.05) is 44.2 Å². The second-order valence-corrected chi connectivity index (χ2v) is 10.0. The summed E-state index contributed by atoms with van der Waals surface area (Å²) in [6, 6.07) is 4.99. The lowest BCUT2D eigenvalue weighted by Crippen LogP contribution is -2.58. The summed E-state index contributed by atoms with van der Waals surface area (Å²) in [5.41, 5.74) is 8.13. The molecule has 2 heterocycles. The Morgan fingerprint density at radius 3 is 1.85 bits per heavy atom. The number of H-pyrrole nitrogens is 2. The summed E-state index contributed by atoms with van der Waals surface area (Å²) < 4.78 is 0. The molecule has 3 aromatic rings. The number of aliphatic carboxylic acids is 1. The number of carbonyl (C=O) groups excluding carboxylic acids is 3. The number of imidazole rings is 2. The number of nitrogens with one attached hydrogen (secondary N) is 5. The van der Waals surface area contributed by atoms with Gasteiger partial charge in [-0.15, -0.1) is 0 Å². The molecule has 0 radical (unpaired) electrons. The van der Waals surface area contributed by atoms with Gasteiger partial charge in [0, 0.05) is 36.6 Å². The number of hydrogen-bond donors (Lipinski definition) is 7. The number of carboxylic acid groups (broad SMARTS) is 1. The normalized spacial score (nSPS) is 14.1. The highest BCUT2D eigenvalue weighted by molar-refractivity contribution is 5.94. The van der Waals surface area contributed by atoms with E-state index in [9.17, 15) is 24.3 Å². The van der Waals surface area contributed by atoms with Crippen LogP contribution in [0, 0.1) is 5.92 Å². The van der Waals surface area contributed by atoms with Crippen LogP contribution in [0.2, 0.25) is 0 Å². The minimum absolute atomic E-state index is 0.00752. The van der Waals surface area contributed by atoms with Gasteiger partial charge in [-0.25, -0.2) is 14.8 Å². The molecule has 0 fully saturated rings. The van der Waals surface area contributed by atoms with E-state index in [1.54, 1.807) is 0 Å². The maximum atomic E-state index is 13.4. The largest absolute Gasteiger partial charge is 0.480 e. The lowest BCUT2D eigenvalue weighted by Gasteiger charge is -2.26. The van der Waals surface area contributed by atoms with Crippen LogP contribution in [-0.4, -0.2) is 72.9 Å². The lowest BCUT2D eigenvalue weighted by atomic mass is 10.0. The molecule has 4 unspecified atom stereocenters. The topological polar surface area (TPSA) is 208 Å². The average Bonchev–Trinajstić information content (AvgIpc) is 3.62. The zero-order valence-electron chi connectivity index (χ0n) is 22.5. The van der Waals surface area contributed by atoms with Crippen molar-refractivity contribution >= 4 is 23.7 Å². The van der Waals surface area contributed by atoms with Gasteiger partial charge in [-0.1, -0.05) is 44.2 Å². The van der Waals surface area contributed by atoms with E-state index >= 15 is 0 Å². The highest BCUT2D eigenvalue weighted by Crippen LogP contribution is 2.09. The van der Waals surface area contributed by atoms with Crippen LogP contribution in [0.3, 0.4) is 0 Å². The van der Waals surface area contributed by atoms with Crippen LogP contribution in [0.1, 0.15) is 37.2 Å². The molecule has 0 aliphatic heterocycles. The first-order valence-electron chi connectivity index (χ1n) is 13.0. The van der Waals surface area contributed by atoms with Gasteiger partial charge in [0.05, 0.1) is 18.7 Å². The fourth-order valence-corrected chi connectivity index (χ4v) is 4.13. The number of carboxylic acids is 1. The number of nitrogens with zero attached hydrogens (tertiary/aromatic N) is 2. The van der Waals surface area contributed by atoms with E-state index in [2.05, 4.69) is 35.9 Å². The van der Waals surface area contributed by atoms with Crippen molar-refractivity contribution in [3.8, 4) is 0 Å². The van der Waals surface area contributed by atoms with E-state index in [1.165, 1.54) is 25.0 Å². The first kappa shape index (κ1) is 30.0. The predicted molar refractivity (Wildman–Crippen MR) is 146 cm³/mol. The third kappa shape index (κ3) is 9.34. The standard InChI is InChI=1S/C27H36N8O5/c1-16(2)8-21(25(37)35-23(27(39)40)11-19-13-30-15-32-19)34-26(38)22(10-18-12-29-14-31-18)33-24(36)20(28)9-17-6-4-3-5-7-17/h3-7,12-16,20-23H,8-11,28H2,1-2H3,(H,29,31)(H,30,32)(H,33,36)(H,34,38)(H,35,37)(H,39,40). The Hall–Kier alpha value is -4.52. The number of nitrogens with two attached hydrogens (primary N) is 1. The van der Waals surface area contributed by atoms with Crippen molar-refractivity contribution in [2.45, 2.75) is 63.7 Å². The van der Waals surface area contributed by atoms with Gasteiger partial charge in [0.2, 0.25) is 17.7 Å². The number of amides is 3. The molecule has 0 saturated carbocycles. The summed E-state index contributed by atoms with van der Waals surface area (Å²) >= 11 is 0. The number of benzene rings is 1. The van der Waals surface area contributed by atoms with Crippen molar-refractivity contribution in [3.05, 3.63) is 72.3 Å². The Balaban J connectivity index is 1.72. The van der Waals surface area contributed by atoms with Gasteiger partial charge >= 0.3 is 5.97 Å². The highest BCUT2D eigenvalue weighted by Gasteiger charge is 2.31. The van der Waals surface area contributed by atoms with Crippen LogP contribution in [0.15, 0.2) is 55.4 Å². The van der Waals surface area contributed by atoms with Crippen LogP contribution in [0.25, 0.3) is 0 Å². The molecule has 1 aromatic carbocycles. The van der Waals surface area contributed by atoms with Gasteiger partial charge in [-0.3, -0.25) is 14.4 Å². The van der Waals surface area contributed by atoms with E-state index in [0.29, 0.717) is 11.4 Å². The average molecular weight is 553 g/mol. The molecule has 2 aromatic heterocycles. The number of hydrogen-bond acceptors (Lipinski definition) is 7. The van der Waals surface area contributed by atoms with Gasteiger partial charge in [-0.05, 0) is 24.3 Å². The van der Waals surface area contributed by atoms with Crippen LogP contribution in [-0.2, 0) is 38.4 Å².